The fraction of sp³-hybridized carbons (Fsp3) is 0.500. The molecule has 3 nitrogen and oxygen atoms in total. The molecule has 0 atom stereocenters. The van der Waals surface area contributed by atoms with Crippen LogP contribution in [0.4, 0.5) is 0 Å². The summed E-state index contributed by atoms with van der Waals surface area (Å²) in [6.45, 7) is 2.47. The maximum atomic E-state index is 10.9. The summed E-state index contributed by atoms with van der Waals surface area (Å²) in [5.74, 6) is 0. The van der Waals surface area contributed by atoms with Crippen molar-refractivity contribution < 1.29 is 0 Å². The average molecular weight is 158 g/mol. The molecule has 0 saturated carbocycles. The number of hydrogen-bond acceptors (Lipinski definition) is 3. The van der Waals surface area contributed by atoms with Gasteiger partial charge in [-0.15, -0.1) is 0 Å². The van der Waals surface area contributed by atoms with Gasteiger partial charge in [-0.3, -0.25) is 9.17 Å². The molecule has 1 aromatic rings. The van der Waals surface area contributed by atoms with Gasteiger partial charge >= 0.3 is 0 Å². The zero-order chi connectivity index (χ0) is 7.56. The summed E-state index contributed by atoms with van der Waals surface area (Å²) in [6.07, 6.45) is 0.685. The van der Waals surface area contributed by atoms with Crippen molar-refractivity contribution in [2.45, 2.75) is 13.3 Å². The van der Waals surface area contributed by atoms with Crippen molar-refractivity contribution in [3.05, 3.63) is 20.8 Å². The van der Waals surface area contributed by atoms with Crippen molar-refractivity contribution >= 4 is 11.5 Å². The standard InChI is InChI=1S/C6H10N2OS/c1-4-5(2-3-7)6(9)8-10-4/h2-3,7H2,1H3,(H,8,9). The number of aromatic nitrogens is 1. The van der Waals surface area contributed by atoms with Crippen LogP contribution < -0.4 is 11.3 Å². The van der Waals surface area contributed by atoms with Gasteiger partial charge in [-0.25, -0.2) is 0 Å². The second-order valence-electron chi connectivity index (χ2n) is 2.11. The quantitative estimate of drug-likeness (QED) is 0.648. The number of nitrogens with two attached hydrogens (primary N) is 1. The van der Waals surface area contributed by atoms with E-state index in [9.17, 15) is 4.79 Å². The van der Waals surface area contributed by atoms with Gasteiger partial charge in [-0.05, 0) is 19.9 Å². The molecule has 0 radical (unpaired) electrons. The van der Waals surface area contributed by atoms with Crippen LogP contribution in [0.5, 0.6) is 0 Å². The fourth-order valence-electron chi connectivity index (χ4n) is 0.840. The van der Waals surface area contributed by atoms with Crippen LogP contribution in [0.15, 0.2) is 4.79 Å². The third kappa shape index (κ3) is 1.27. The molecule has 0 aromatic carbocycles. The molecule has 1 rings (SSSR count). The Morgan fingerprint density at radius 1 is 1.70 bits per heavy atom. The van der Waals surface area contributed by atoms with Crippen LogP contribution in [0.25, 0.3) is 0 Å². The number of H-pyrrole nitrogens is 1. The smallest absolute Gasteiger partial charge is 0.261 e. The van der Waals surface area contributed by atoms with Gasteiger partial charge in [0.2, 0.25) is 0 Å². The van der Waals surface area contributed by atoms with Gasteiger partial charge in [-0.2, -0.15) is 0 Å². The Bertz CT molecular complexity index is 263. The second kappa shape index (κ2) is 2.98. The lowest BCUT2D eigenvalue weighted by molar-refractivity contribution is 0.952. The molecule has 0 amide bonds. The third-order valence-corrected chi connectivity index (χ3v) is 2.23. The minimum absolute atomic E-state index is 0.0213. The predicted molar refractivity (Wildman–Crippen MR) is 42.4 cm³/mol. The van der Waals surface area contributed by atoms with Crippen molar-refractivity contribution in [3.63, 3.8) is 0 Å². The Morgan fingerprint density at radius 2 is 2.40 bits per heavy atom. The number of hydrogen-bond donors (Lipinski definition) is 2. The van der Waals surface area contributed by atoms with Crippen molar-refractivity contribution in [2.75, 3.05) is 6.54 Å². The topological polar surface area (TPSA) is 58.9 Å². The summed E-state index contributed by atoms with van der Waals surface area (Å²) in [5, 5.41) is 0. The van der Waals surface area contributed by atoms with Gasteiger partial charge in [-0.1, -0.05) is 11.5 Å². The van der Waals surface area contributed by atoms with Crippen LogP contribution in [0.2, 0.25) is 0 Å². The van der Waals surface area contributed by atoms with E-state index in [1.54, 1.807) is 0 Å². The van der Waals surface area contributed by atoms with E-state index in [2.05, 4.69) is 4.37 Å². The van der Waals surface area contributed by atoms with Gasteiger partial charge in [0, 0.05) is 10.4 Å². The molecule has 0 saturated heterocycles. The maximum absolute atomic E-state index is 10.9. The predicted octanol–water partition coefficient (Wildman–Crippen LogP) is 0.246. The summed E-state index contributed by atoms with van der Waals surface area (Å²) in [4.78, 5) is 12.0. The lowest BCUT2D eigenvalue weighted by Crippen LogP contribution is -2.12. The zero-order valence-electron chi connectivity index (χ0n) is 5.81. The van der Waals surface area contributed by atoms with E-state index in [1.165, 1.54) is 11.5 Å². The maximum Gasteiger partial charge on any atom is 0.261 e. The molecule has 0 spiro atoms. The molecule has 0 fully saturated rings. The van der Waals surface area contributed by atoms with Gasteiger partial charge in [0.05, 0.1) is 0 Å². The summed E-state index contributed by atoms with van der Waals surface area (Å²) in [5.41, 5.74) is 6.17. The first-order valence-electron chi connectivity index (χ1n) is 3.12. The molecule has 56 valence electrons. The fourth-order valence-corrected chi connectivity index (χ4v) is 1.53. The minimum atomic E-state index is 0.0213. The van der Waals surface area contributed by atoms with E-state index in [1.807, 2.05) is 6.92 Å². The highest BCUT2D eigenvalue weighted by molar-refractivity contribution is 7.05. The molecule has 0 unspecified atom stereocenters. The van der Waals surface area contributed by atoms with E-state index in [0.29, 0.717) is 13.0 Å². The average Bonchev–Trinajstić information content (AvgIpc) is 2.20. The van der Waals surface area contributed by atoms with E-state index in [-0.39, 0.29) is 5.56 Å². The molecule has 0 aliphatic heterocycles. The van der Waals surface area contributed by atoms with Crippen molar-refractivity contribution in [1.29, 1.82) is 0 Å². The van der Waals surface area contributed by atoms with E-state index in [4.69, 9.17) is 5.73 Å². The summed E-state index contributed by atoms with van der Waals surface area (Å²) in [6, 6.07) is 0. The number of aryl methyl sites for hydroxylation is 1. The first-order chi connectivity index (χ1) is 4.75. The Kier molecular flexibility index (Phi) is 2.24. The van der Waals surface area contributed by atoms with Crippen molar-refractivity contribution in [1.82, 2.24) is 4.37 Å². The molecule has 0 aliphatic carbocycles. The molecule has 4 heteroatoms. The number of aromatic amines is 1. The highest BCUT2D eigenvalue weighted by atomic mass is 32.1. The molecule has 3 N–H and O–H groups in total. The van der Waals surface area contributed by atoms with Crippen LogP contribution in [0.1, 0.15) is 10.4 Å². The molecular weight excluding hydrogens is 148 g/mol. The monoisotopic (exact) mass is 158 g/mol. The molecule has 0 aliphatic rings. The van der Waals surface area contributed by atoms with Crippen LogP contribution in [-0.4, -0.2) is 10.9 Å². The van der Waals surface area contributed by atoms with Crippen LogP contribution in [0.3, 0.4) is 0 Å². The van der Waals surface area contributed by atoms with Crippen LogP contribution >= 0.6 is 11.5 Å². The summed E-state index contributed by atoms with van der Waals surface area (Å²) < 4.78 is 2.65. The lowest BCUT2D eigenvalue weighted by Gasteiger charge is -1.90. The first kappa shape index (κ1) is 7.50. The van der Waals surface area contributed by atoms with Crippen molar-refractivity contribution in [2.24, 2.45) is 5.73 Å². The molecule has 1 heterocycles. The van der Waals surface area contributed by atoms with E-state index < -0.39 is 0 Å². The van der Waals surface area contributed by atoms with Crippen LogP contribution in [-0.2, 0) is 6.42 Å². The molecule has 1 aromatic heterocycles. The lowest BCUT2D eigenvalue weighted by atomic mass is 10.2. The van der Waals surface area contributed by atoms with Crippen molar-refractivity contribution in [3.8, 4) is 0 Å². The normalized spacial score (nSPS) is 10.2. The van der Waals surface area contributed by atoms with E-state index in [0.717, 1.165) is 10.4 Å². The Balaban J connectivity index is 2.99. The Hall–Kier alpha value is -0.610. The molecule has 10 heavy (non-hydrogen) atoms. The van der Waals surface area contributed by atoms with Gasteiger partial charge in [0.15, 0.2) is 0 Å². The number of nitrogens with one attached hydrogen (secondary N) is 1. The Morgan fingerprint density at radius 3 is 2.80 bits per heavy atom. The zero-order valence-corrected chi connectivity index (χ0v) is 6.62. The van der Waals surface area contributed by atoms with Gasteiger partial charge in [0.25, 0.3) is 5.56 Å². The summed E-state index contributed by atoms with van der Waals surface area (Å²) in [7, 11) is 0. The summed E-state index contributed by atoms with van der Waals surface area (Å²) >= 11 is 1.38. The number of rotatable bonds is 2. The molecular formula is C6H10N2OS. The second-order valence-corrected chi connectivity index (χ2v) is 3.13. The van der Waals surface area contributed by atoms with Gasteiger partial charge in [0.1, 0.15) is 0 Å². The highest BCUT2D eigenvalue weighted by Gasteiger charge is 2.03. The van der Waals surface area contributed by atoms with Gasteiger partial charge < -0.3 is 5.73 Å². The Labute approximate surface area is 63.0 Å². The SMILES string of the molecule is Cc1s[nH]c(=O)c1CCN. The highest BCUT2D eigenvalue weighted by Crippen LogP contribution is 2.05. The third-order valence-electron chi connectivity index (χ3n) is 1.39. The largest absolute Gasteiger partial charge is 0.330 e. The molecule has 0 bridgehead atoms. The first-order valence-corrected chi connectivity index (χ1v) is 3.94. The van der Waals surface area contributed by atoms with E-state index >= 15 is 0 Å². The van der Waals surface area contributed by atoms with Crippen LogP contribution in [0, 0.1) is 6.92 Å². The minimum Gasteiger partial charge on any atom is -0.330 e.